The van der Waals surface area contributed by atoms with Crippen LogP contribution in [0.5, 0.6) is 0 Å². The minimum Gasteiger partial charge on any atom is -0.369 e. The van der Waals surface area contributed by atoms with Crippen molar-refractivity contribution in [2.75, 3.05) is 18.0 Å². The number of aromatic nitrogens is 1. The number of hydrogen-bond donors (Lipinski definition) is 0. The van der Waals surface area contributed by atoms with Crippen molar-refractivity contribution in [3.63, 3.8) is 0 Å². The highest BCUT2D eigenvalue weighted by atomic mass is 79.9. The molecular formula is C14H19BrN2. The lowest BCUT2D eigenvalue weighted by Gasteiger charge is -2.52. The van der Waals surface area contributed by atoms with Crippen LogP contribution in [0.4, 0.5) is 5.69 Å². The fourth-order valence-electron chi connectivity index (χ4n) is 3.35. The fourth-order valence-corrected chi connectivity index (χ4v) is 3.85. The minimum atomic E-state index is 0.638. The zero-order chi connectivity index (χ0) is 11.7. The summed E-state index contributed by atoms with van der Waals surface area (Å²) in [5.41, 5.74) is 1.95. The monoisotopic (exact) mass is 294 g/mol. The van der Waals surface area contributed by atoms with E-state index in [-0.39, 0.29) is 0 Å². The van der Waals surface area contributed by atoms with Crippen molar-refractivity contribution in [2.24, 2.45) is 5.41 Å². The lowest BCUT2D eigenvalue weighted by atomic mass is 9.73. The fraction of sp³-hybridized carbons (Fsp3) is 0.643. The molecule has 0 unspecified atom stereocenters. The van der Waals surface area contributed by atoms with E-state index in [4.69, 9.17) is 0 Å². The third kappa shape index (κ3) is 2.22. The summed E-state index contributed by atoms with van der Waals surface area (Å²) in [6.07, 6.45) is 12.4. The van der Waals surface area contributed by atoms with Gasteiger partial charge in [-0.25, -0.2) is 0 Å². The van der Waals surface area contributed by atoms with Crippen LogP contribution in [0.2, 0.25) is 0 Å². The van der Waals surface area contributed by atoms with Gasteiger partial charge in [-0.05, 0) is 34.8 Å². The van der Waals surface area contributed by atoms with Gasteiger partial charge in [-0.1, -0.05) is 25.7 Å². The zero-order valence-electron chi connectivity index (χ0n) is 10.2. The Kier molecular flexibility index (Phi) is 3.12. The first-order chi connectivity index (χ1) is 8.29. The second-order valence-corrected chi connectivity index (χ2v) is 6.45. The van der Waals surface area contributed by atoms with Crippen LogP contribution in [-0.2, 0) is 0 Å². The smallest absolute Gasteiger partial charge is 0.0592 e. The molecule has 1 aromatic heterocycles. The molecule has 2 nitrogen and oxygen atoms in total. The second-order valence-electron chi connectivity index (χ2n) is 5.60. The van der Waals surface area contributed by atoms with Crippen molar-refractivity contribution >= 4 is 21.6 Å². The zero-order valence-corrected chi connectivity index (χ0v) is 11.7. The van der Waals surface area contributed by atoms with Crippen LogP contribution in [0.25, 0.3) is 0 Å². The normalized spacial score (nSPS) is 23.2. The number of anilines is 1. The van der Waals surface area contributed by atoms with Gasteiger partial charge < -0.3 is 4.90 Å². The summed E-state index contributed by atoms with van der Waals surface area (Å²) in [5.74, 6) is 0. The molecule has 0 amide bonds. The van der Waals surface area contributed by atoms with E-state index in [1.807, 2.05) is 12.4 Å². The van der Waals surface area contributed by atoms with Crippen molar-refractivity contribution in [3.05, 3.63) is 22.9 Å². The van der Waals surface area contributed by atoms with Gasteiger partial charge in [0.1, 0.15) is 0 Å². The van der Waals surface area contributed by atoms with Crippen molar-refractivity contribution in [1.29, 1.82) is 0 Å². The van der Waals surface area contributed by atoms with Crippen LogP contribution in [0.3, 0.4) is 0 Å². The average molecular weight is 295 g/mol. The molecule has 1 saturated heterocycles. The molecule has 2 heterocycles. The van der Waals surface area contributed by atoms with Crippen LogP contribution in [0, 0.1) is 5.41 Å². The summed E-state index contributed by atoms with van der Waals surface area (Å²) < 4.78 is 1.13. The summed E-state index contributed by atoms with van der Waals surface area (Å²) in [7, 11) is 0. The van der Waals surface area contributed by atoms with Crippen LogP contribution >= 0.6 is 15.9 Å². The molecule has 3 rings (SSSR count). The summed E-state index contributed by atoms with van der Waals surface area (Å²) in [4.78, 5) is 6.63. The van der Waals surface area contributed by atoms with Gasteiger partial charge >= 0.3 is 0 Å². The van der Waals surface area contributed by atoms with Gasteiger partial charge in [-0.3, -0.25) is 4.98 Å². The molecule has 0 bridgehead atoms. The van der Waals surface area contributed by atoms with Gasteiger partial charge in [0.2, 0.25) is 0 Å². The van der Waals surface area contributed by atoms with E-state index in [0.717, 1.165) is 4.47 Å². The maximum Gasteiger partial charge on any atom is 0.0592 e. The van der Waals surface area contributed by atoms with E-state index in [9.17, 15) is 0 Å². The third-order valence-corrected chi connectivity index (χ3v) is 4.92. The van der Waals surface area contributed by atoms with Crippen molar-refractivity contribution in [2.45, 2.75) is 38.5 Å². The topological polar surface area (TPSA) is 16.1 Å². The largest absolute Gasteiger partial charge is 0.369 e. The van der Waals surface area contributed by atoms with Gasteiger partial charge in [-0.2, -0.15) is 0 Å². The Balaban J connectivity index is 1.69. The van der Waals surface area contributed by atoms with E-state index in [2.05, 4.69) is 31.9 Å². The van der Waals surface area contributed by atoms with Crippen LogP contribution in [0.1, 0.15) is 38.5 Å². The number of halogens is 1. The lowest BCUT2D eigenvalue weighted by molar-refractivity contribution is 0.180. The third-order valence-electron chi connectivity index (χ3n) is 4.31. The van der Waals surface area contributed by atoms with Gasteiger partial charge in [0.25, 0.3) is 0 Å². The molecule has 0 atom stereocenters. The molecule has 2 fully saturated rings. The molecular weight excluding hydrogens is 276 g/mol. The molecule has 0 radical (unpaired) electrons. The summed E-state index contributed by atoms with van der Waals surface area (Å²) >= 11 is 3.60. The Morgan fingerprint density at radius 1 is 1.12 bits per heavy atom. The molecule has 1 aliphatic carbocycles. The van der Waals surface area contributed by atoms with E-state index in [0.29, 0.717) is 5.41 Å². The predicted octanol–water partition coefficient (Wildman–Crippen LogP) is 4.00. The maximum atomic E-state index is 4.13. The highest BCUT2D eigenvalue weighted by Crippen LogP contribution is 2.45. The van der Waals surface area contributed by atoms with Gasteiger partial charge in [0, 0.05) is 30.9 Å². The van der Waals surface area contributed by atoms with E-state index >= 15 is 0 Å². The molecule has 0 N–H and O–H groups in total. The Labute approximate surface area is 112 Å². The molecule has 1 aliphatic heterocycles. The molecule has 1 aromatic rings. The average Bonchev–Trinajstić information content (AvgIpc) is 2.53. The van der Waals surface area contributed by atoms with E-state index < -0.39 is 0 Å². The summed E-state index contributed by atoms with van der Waals surface area (Å²) in [6.45, 7) is 2.49. The Bertz CT molecular complexity index is 389. The number of pyridine rings is 1. The molecule has 3 heteroatoms. The molecule has 17 heavy (non-hydrogen) atoms. The predicted molar refractivity (Wildman–Crippen MR) is 74.3 cm³/mol. The van der Waals surface area contributed by atoms with E-state index in [1.165, 1.54) is 57.3 Å². The van der Waals surface area contributed by atoms with Crippen molar-refractivity contribution in [1.82, 2.24) is 4.98 Å². The Morgan fingerprint density at radius 3 is 2.47 bits per heavy atom. The first-order valence-corrected chi connectivity index (χ1v) is 7.43. The van der Waals surface area contributed by atoms with E-state index in [1.54, 1.807) is 0 Å². The highest BCUT2D eigenvalue weighted by molar-refractivity contribution is 9.10. The van der Waals surface area contributed by atoms with Crippen molar-refractivity contribution < 1.29 is 0 Å². The molecule has 0 aromatic carbocycles. The SMILES string of the molecule is Brc1cnccc1N1CC2(CCCCCC2)C1. The summed E-state index contributed by atoms with van der Waals surface area (Å²) in [5, 5.41) is 0. The molecule has 2 aliphatic rings. The Hall–Kier alpha value is -0.570. The summed E-state index contributed by atoms with van der Waals surface area (Å²) in [6, 6.07) is 2.12. The van der Waals surface area contributed by atoms with Gasteiger partial charge in [0.05, 0.1) is 10.2 Å². The van der Waals surface area contributed by atoms with Gasteiger partial charge in [0.15, 0.2) is 0 Å². The minimum absolute atomic E-state index is 0.638. The van der Waals surface area contributed by atoms with Crippen LogP contribution in [-0.4, -0.2) is 18.1 Å². The van der Waals surface area contributed by atoms with Crippen molar-refractivity contribution in [3.8, 4) is 0 Å². The number of hydrogen-bond acceptors (Lipinski definition) is 2. The second kappa shape index (κ2) is 4.60. The highest BCUT2D eigenvalue weighted by Gasteiger charge is 2.42. The standard InChI is InChI=1S/C14H19BrN2/c15-12-9-16-8-5-13(12)17-10-14(11-17)6-3-1-2-4-7-14/h5,8-9H,1-4,6-7,10-11H2. The number of rotatable bonds is 1. The van der Waals surface area contributed by atoms with Crippen LogP contribution < -0.4 is 4.90 Å². The Morgan fingerprint density at radius 2 is 1.82 bits per heavy atom. The maximum absolute atomic E-state index is 4.13. The van der Waals surface area contributed by atoms with Gasteiger partial charge in [-0.15, -0.1) is 0 Å². The molecule has 1 saturated carbocycles. The first-order valence-electron chi connectivity index (χ1n) is 6.64. The quantitative estimate of drug-likeness (QED) is 0.778. The molecule has 1 spiro atoms. The van der Waals surface area contributed by atoms with Crippen LogP contribution in [0.15, 0.2) is 22.9 Å². The number of nitrogens with zero attached hydrogens (tertiary/aromatic N) is 2. The first kappa shape index (κ1) is 11.5. The lowest BCUT2D eigenvalue weighted by Crippen LogP contribution is -2.56. The molecule has 92 valence electrons.